The maximum Gasteiger partial charge on any atom is 0.326 e. The summed E-state index contributed by atoms with van der Waals surface area (Å²) >= 11 is 0. The van der Waals surface area contributed by atoms with Crippen LogP contribution in [0.15, 0.2) is 48.5 Å². The Hall–Kier alpha value is -2.57. The Bertz CT molecular complexity index is 943. The average Bonchev–Trinajstić information content (AvgIpc) is 3.31. The third-order valence-electron chi connectivity index (χ3n) is 7.36. The summed E-state index contributed by atoms with van der Waals surface area (Å²) in [5.41, 5.74) is 2.77. The van der Waals surface area contributed by atoms with Gasteiger partial charge in [-0.2, -0.15) is 0 Å². The first-order valence-electron chi connectivity index (χ1n) is 11.4. The number of carbonyl (C=O) groups is 1. The molecule has 1 saturated heterocycles. The summed E-state index contributed by atoms with van der Waals surface area (Å²) in [6, 6.07) is 15.9. The normalized spacial score (nSPS) is 25.5. The molecule has 0 radical (unpaired) electrons. The van der Waals surface area contributed by atoms with Crippen molar-refractivity contribution in [2.24, 2.45) is 5.92 Å². The minimum atomic E-state index is -0.149. The van der Waals surface area contributed by atoms with E-state index in [1.807, 2.05) is 47.4 Å². The van der Waals surface area contributed by atoms with Crippen LogP contribution in [0.25, 0.3) is 0 Å². The highest BCUT2D eigenvalue weighted by Gasteiger charge is 2.53. The fourth-order valence-corrected chi connectivity index (χ4v) is 5.85. The number of aliphatic hydroxyl groups excluding tert-OH is 1. The molecular weight excluding hydrogens is 390 g/mol. The van der Waals surface area contributed by atoms with Crippen LogP contribution in [0.4, 0.5) is 16.2 Å². The van der Waals surface area contributed by atoms with Gasteiger partial charge >= 0.3 is 6.03 Å². The van der Waals surface area contributed by atoms with Crippen molar-refractivity contribution in [1.29, 1.82) is 0 Å². The Morgan fingerprint density at radius 3 is 2.65 bits per heavy atom. The molecule has 2 aromatic rings. The van der Waals surface area contributed by atoms with E-state index in [4.69, 9.17) is 4.74 Å². The van der Waals surface area contributed by atoms with Gasteiger partial charge in [0.15, 0.2) is 0 Å². The number of fused-ring (bicyclic) bond motifs is 3. The Morgan fingerprint density at radius 2 is 1.87 bits per heavy atom. The molecular formula is C25H31N3O3. The van der Waals surface area contributed by atoms with Gasteiger partial charge in [0.05, 0.1) is 19.4 Å². The van der Waals surface area contributed by atoms with Gasteiger partial charge in [-0.25, -0.2) is 4.79 Å². The maximum absolute atomic E-state index is 13.4. The number of benzene rings is 2. The number of methoxy groups -OCH3 is 1. The van der Waals surface area contributed by atoms with E-state index in [1.54, 1.807) is 7.11 Å². The van der Waals surface area contributed by atoms with Crippen LogP contribution in [0.1, 0.15) is 37.2 Å². The average molecular weight is 422 g/mol. The van der Waals surface area contributed by atoms with Gasteiger partial charge in [0, 0.05) is 36.8 Å². The number of rotatable bonds is 5. The standard InChI is InChI=1S/C25H31N3O3/c1-31-23-13-7-5-11-19(23)26-25(30)28-15-21-24(18-10-4-6-12-20(18)28)22(16-29)27(21)14-17-8-2-3-9-17/h4-7,10-13,17,21-22,24,29H,2-3,8-9,14-16H2,1H3,(H,26,30)/t21-,22+,24+/m1/s1. The molecule has 3 aliphatic rings. The van der Waals surface area contributed by atoms with Gasteiger partial charge in [-0.15, -0.1) is 0 Å². The zero-order valence-electron chi connectivity index (χ0n) is 18.0. The van der Waals surface area contributed by atoms with E-state index in [2.05, 4.69) is 16.3 Å². The predicted molar refractivity (Wildman–Crippen MR) is 122 cm³/mol. The molecule has 0 unspecified atom stereocenters. The molecule has 0 spiro atoms. The first-order chi connectivity index (χ1) is 15.2. The summed E-state index contributed by atoms with van der Waals surface area (Å²) in [5, 5.41) is 13.2. The van der Waals surface area contributed by atoms with Crippen LogP contribution in [-0.2, 0) is 0 Å². The molecule has 2 amide bonds. The lowest BCUT2D eigenvalue weighted by Crippen LogP contribution is -2.70. The van der Waals surface area contributed by atoms with Gasteiger partial charge in [-0.05, 0) is 42.5 Å². The molecule has 3 atom stereocenters. The molecule has 1 saturated carbocycles. The van der Waals surface area contributed by atoms with Crippen molar-refractivity contribution < 1.29 is 14.6 Å². The van der Waals surface area contributed by atoms with Gasteiger partial charge in [0.25, 0.3) is 0 Å². The first-order valence-corrected chi connectivity index (χ1v) is 11.4. The van der Waals surface area contributed by atoms with Crippen molar-refractivity contribution in [3.63, 3.8) is 0 Å². The molecule has 0 bridgehead atoms. The molecule has 0 aromatic heterocycles. The van der Waals surface area contributed by atoms with Crippen molar-refractivity contribution in [3.8, 4) is 5.75 Å². The molecule has 6 heteroatoms. The number of carbonyl (C=O) groups excluding carboxylic acids is 1. The van der Waals surface area contributed by atoms with E-state index in [1.165, 1.54) is 25.7 Å². The second kappa shape index (κ2) is 8.52. The summed E-state index contributed by atoms with van der Waals surface area (Å²) in [6.45, 7) is 1.82. The second-order valence-corrected chi connectivity index (χ2v) is 8.99. The third kappa shape index (κ3) is 3.58. The van der Waals surface area contributed by atoms with E-state index in [0.29, 0.717) is 23.9 Å². The Morgan fingerprint density at radius 1 is 1.13 bits per heavy atom. The van der Waals surface area contributed by atoms with E-state index in [0.717, 1.165) is 17.8 Å². The fraction of sp³-hybridized carbons (Fsp3) is 0.480. The minimum Gasteiger partial charge on any atom is -0.495 e. The molecule has 164 valence electrons. The highest BCUT2D eigenvalue weighted by Crippen LogP contribution is 2.49. The van der Waals surface area contributed by atoms with Crippen LogP contribution >= 0.6 is 0 Å². The van der Waals surface area contributed by atoms with Crippen LogP contribution in [0.5, 0.6) is 5.75 Å². The number of likely N-dealkylation sites (tertiary alicyclic amines) is 1. The maximum atomic E-state index is 13.4. The SMILES string of the molecule is COc1ccccc1NC(=O)N1C[C@@H]2[C@H](c3ccccc31)[C@H](CO)N2CC1CCCC1. The highest BCUT2D eigenvalue weighted by molar-refractivity contribution is 6.03. The van der Waals surface area contributed by atoms with Crippen molar-refractivity contribution in [2.45, 2.75) is 43.7 Å². The molecule has 2 aromatic carbocycles. The summed E-state index contributed by atoms with van der Waals surface area (Å²) in [5.74, 6) is 1.63. The minimum absolute atomic E-state index is 0.145. The lowest BCUT2D eigenvalue weighted by Gasteiger charge is -2.59. The van der Waals surface area contributed by atoms with Crippen LogP contribution in [0, 0.1) is 5.92 Å². The summed E-state index contributed by atoms with van der Waals surface area (Å²) < 4.78 is 5.40. The number of ether oxygens (including phenoxy) is 1. The zero-order valence-corrected chi connectivity index (χ0v) is 18.0. The van der Waals surface area contributed by atoms with Gasteiger partial charge in [0.2, 0.25) is 0 Å². The van der Waals surface area contributed by atoms with E-state index in [-0.39, 0.29) is 30.6 Å². The molecule has 2 fully saturated rings. The molecule has 2 aliphatic heterocycles. The monoisotopic (exact) mass is 421 g/mol. The van der Waals surface area contributed by atoms with Gasteiger partial charge in [-0.1, -0.05) is 43.2 Å². The van der Waals surface area contributed by atoms with Gasteiger partial charge < -0.3 is 15.2 Å². The van der Waals surface area contributed by atoms with E-state index < -0.39 is 0 Å². The fourth-order valence-electron chi connectivity index (χ4n) is 5.85. The Kier molecular flexibility index (Phi) is 5.59. The Balaban J connectivity index is 1.42. The molecule has 5 rings (SSSR count). The van der Waals surface area contributed by atoms with Gasteiger partial charge in [0.1, 0.15) is 5.75 Å². The first kappa shape index (κ1) is 20.3. The van der Waals surface area contributed by atoms with Crippen molar-refractivity contribution in [2.75, 3.05) is 37.0 Å². The lowest BCUT2D eigenvalue weighted by atomic mass is 9.71. The smallest absolute Gasteiger partial charge is 0.326 e. The number of nitrogens with zero attached hydrogens (tertiary/aromatic N) is 2. The molecule has 31 heavy (non-hydrogen) atoms. The quantitative estimate of drug-likeness (QED) is 0.764. The molecule has 2 N–H and O–H groups in total. The van der Waals surface area contributed by atoms with Crippen molar-refractivity contribution >= 4 is 17.4 Å². The summed E-state index contributed by atoms with van der Waals surface area (Å²) in [4.78, 5) is 17.7. The number of anilines is 2. The molecule has 2 heterocycles. The van der Waals surface area contributed by atoms with Crippen LogP contribution in [0.3, 0.4) is 0 Å². The predicted octanol–water partition coefficient (Wildman–Crippen LogP) is 4.07. The summed E-state index contributed by atoms with van der Waals surface area (Å²) in [7, 11) is 1.61. The number of hydrogen-bond donors (Lipinski definition) is 2. The largest absolute Gasteiger partial charge is 0.495 e. The zero-order chi connectivity index (χ0) is 21.4. The van der Waals surface area contributed by atoms with Crippen LogP contribution in [-0.4, -0.2) is 54.9 Å². The lowest BCUT2D eigenvalue weighted by molar-refractivity contribution is -0.0509. The van der Waals surface area contributed by atoms with Crippen molar-refractivity contribution in [3.05, 3.63) is 54.1 Å². The Labute approximate surface area is 183 Å². The second-order valence-electron chi connectivity index (χ2n) is 8.99. The number of amides is 2. The van der Waals surface area contributed by atoms with Crippen LogP contribution in [0.2, 0.25) is 0 Å². The topological polar surface area (TPSA) is 65.0 Å². The molecule has 6 nitrogen and oxygen atoms in total. The van der Waals surface area contributed by atoms with Crippen molar-refractivity contribution in [1.82, 2.24) is 4.90 Å². The highest BCUT2D eigenvalue weighted by atomic mass is 16.5. The number of hydrogen-bond acceptors (Lipinski definition) is 4. The van der Waals surface area contributed by atoms with Gasteiger partial charge in [-0.3, -0.25) is 9.80 Å². The third-order valence-corrected chi connectivity index (χ3v) is 7.36. The number of para-hydroxylation sites is 3. The van der Waals surface area contributed by atoms with E-state index >= 15 is 0 Å². The van der Waals surface area contributed by atoms with Crippen LogP contribution < -0.4 is 15.0 Å². The number of aliphatic hydroxyl groups is 1. The molecule has 1 aliphatic carbocycles. The number of urea groups is 1. The summed E-state index contributed by atoms with van der Waals surface area (Å²) in [6.07, 6.45) is 5.18. The van der Waals surface area contributed by atoms with E-state index in [9.17, 15) is 9.90 Å². The number of nitrogens with one attached hydrogen (secondary N) is 1.